The Balaban J connectivity index is 1.60. The maximum atomic E-state index is 13.2. The number of hydrogen-bond donors (Lipinski definition) is 2. The number of carbonyl (C=O) groups is 3. The van der Waals surface area contributed by atoms with Gasteiger partial charge in [-0.25, -0.2) is 0 Å². The molecule has 1 heterocycles. The molecule has 3 aromatic rings. The van der Waals surface area contributed by atoms with Crippen LogP contribution in [0.4, 0.5) is 11.4 Å². The molecule has 1 atom stereocenters. The highest BCUT2D eigenvalue weighted by Gasteiger charge is 2.29. The molecule has 0 saturated carbocycles. The lowest BCUT2D eigenvalue weighted by Crippen LogP contribution is -2.43. The first-order chi connectivity index (χ1) is 15.0. The maximum absolute atomic E-state index is 13.2. The highest BCUT2D eigenvalue weighted by atomic mass is 35.5. The number of benzene rings is 3. The van der Waals surface area contributed by atoms with Crippen molar-refractivity contribution in [3.63, 3.8) is 0 Å². The summed E-state index contributed by atoms with van der Waals surface area (Å²) in [6.45, 7) is -0.0736. The van der Waals surface area contributed by atoms with Gasteiger partial charge in [-0.1, -0.05) is 66.2 Å². The minimum Gasteiger partial charge on any atom is -0.345 e. The molecule has 0 radical (unpaired) electrons. The third-order valence-corrected chi connectivity index (χ3v) is 5.41. The van der Waals surface area contributed by atoms with Crippen LogP contribution in [0.3, 0.4) is 0 Å². The molecule has 0 saturated heterocycles. The highest BCUT2D eigenvalue weighted by molar-refractivity contribution is 6.33. The first-order valence-corrected chi connectivity index (χ1v) is 10.2. The summed E-state index contributed by atoms with van der Waals surface area (Å²) in [5.74, 6) is -0.900. The van der Waals surface area contributed by atoms with E-state index in [1.807, 2.05) is 36.4 Å². The van der Waals surface area contributed by atoms with E-state index in [1.54, 1.807) is 42.5 Å². The number of halogens is 1. The molecular weight excluding hydrogens is 414 g/mol. The molecular formula is C24H20ClN3O3. The van der Waals surface area contributed by atoms with Crippen molar-refractivity contribution in [1.82, 2.24) is 5.32 Å². The van der Waals surface area contributed by atoms with Crippen molar-refractivity contribution >= 4 is 40.7 Å². The Kier molecular flexibility index (Phi) is 6.00. The molecule has 1 aliphatic rings. The van der Waals surface area contributed by atoms with Crippen LogP contribution in [0.25, 0.3) is 0 Å². The standard InChI is InChI=1S/C24H20ClN3O3/c25-18-11-5-4-10-17(18)24(31)27-20(16-8-2-1-3-9-16)14-23(30)28-15-22(29)26-19-12-6-7-13-21(19)28/h1-13,20H,14-15H2,(H,26,29)(H,27,31). The minimum absolute atomic E-state index is 0.0121. The van der Waals surface area contributed by atoms with Gasteiger partial charge in [-0.2, -0.15) is 0 Å². The second-order valence-corrected chi connectivity index (χ2v) is 7.57. The molecule has 2 N–H and O–H groups in total. The molecule has 31 heavy (non-hydrogen) atoms. The molecule has 6 nitrogen and oxygen atoms in total. The SMILES string of the molecule is O=C1CN(C(=O)CC(NC(=O)c2ccccc2Cl)c2ccccc2)c2ccccc2N1. The van der Waals surface area contributed by atoms with Crippen LogP contribution >= 0.6 is 11.6 Å². The van der Waals surface area contributed by atoms with E-state index in [-0.39, 0.29) is 30.7 Å². The number of amides is 3. The summed E-state index contributed by atoms with van der Waals surface area (Å²) in [6.07, 6.45) is -0.0121. The van der Waals surface area contributed by atoms with E-state index in [1.165, 1.54) is 4.90 Å². The minimum atomic E-state index is -0.588. The maximum Gasteiger partial charge on any atom is 0.253 e. The lowest BCUT2D eigenvalue weighted by atomic mass is 10.0. The Morgan fingerprint density at radius 3 is 2.42 bits per heavy atom. The largest absolute Gasteiger partial charge is 0.345 e. The zero-order chi connectivity index (χ0) is 21.8. The van der Waals surface area contributed by atoms with Gasteiger partial charge in [-0.15, -0.1) is 0 Å². The average molecular weight is 434 g/mol. The Hall–Kier alpha value is -3.64. The van der Waals surface area contributed by atoms with E-state index >= 15 is 0 Å². The number of nitrogens with zero attached hydrogens (tertiary/aromatic N) is 1. The van der Waals surface area contributed by atoms with Gasteiger partial charge in [0.2, 0.25) is 11.8 Å². The third-order valence-electron chi connectivity index (χ3n) is 5.08. The molecule has 0 fully saturated rings. The van der Waals surface area contributed by atoms with Gasteiger partial charge in [0.15, 0.2) is 0 Å². The zero-order valence-electron chi connectivity index (χ0n) is 16.5. The molecule has 4 rings (SSSR count). The summed E-state index contributed by atoms with van der Waals surface area (Å²) >= 11 is 6.17. The van der Waals surface area contributed by atoms with Crippen molar-refractivity contribution in [2.24, 2.45) is 0 Å². The number of nitrogens with one attached hydrogen (secondary N) is 2. The van der Waals surface area contributed by atoms with Gasteiger partial charge >= 0.3 is 0 Å². The fraction of sp³-hybridized carbons (Fsp3) is 0.125. The lowest BCUT2D eigenvalue weighted by molar-refractivity contribution is -0.122. The number of carbonyl (C=O) groups excluding carboxylic acids is 3. The Bertz CT molecular complexity index is 1130. The molecule has 0 aliphatic carbocycles. The summed E-state index contributed by atoms with van der Waals surface area (Å²) in [4.78, 5) is 39.7. The van der Waals surface area contributed by atoms with E-state index in [2.05, 4.69) is 10.6 Å². The van der Waals surface area contributed by atoms with Crippen molar-refractivity contribution in [3.8, 4) is 0 Å². The molecule has 3 amide bonds. The van der Waals surface area contributed by atoms with Crippen LogP contribution in [0, 0.1) is 0 Å². The van der Waals surface area contributed by atoms with Crippen LogP contribution in [0.1, 0.15) is 28.4 Å². The van der Waals surface area contributed by atoms with E-state index in [9.17, 15) is 14.4 Å². The summed E-state index contributed by atoms with van der Waals surface area (Å²) in [5.41, 5.74) is 2.34. The molecule has 156 valence electrons. The third kappa shape index (κ3) is 4.59. The summed E-state index contributed by atoms with van der Waals surface area (Å²) in [5, 5.41) is 6.03. The lowest BCUT2D eigenvalue weighted by Gasteiger charge is -2.30. The van der Waals surface area contributed by atoms with Crippen molar-refractivity contribution < 1.29 is 14.4 Å². The van der Waals surface area contributed by atoms with Crippen LogP contribution < -0.4 is 15.5 Å². The van der Waals surface area contributed by atoms with Crippen LogP contribution in [-0.4, -0.2) is 24.3 Å². The normalized spacial score (nSPS) is 13.7. The monoisotopic (exact) mass is 433 g/mol. The number of anilines is 2. The number of fused-ring (bicyclic) bond motifs is 1. The Labute approximate surface area is 184 Å². The second kappa shape index (κ2) is 9.02. The van der Waals surface area contributed by atoms with Crippen LogP contribution in [0.15, 0.2) is 78.9 Å². The van der Waals surface area contributed by atoms with Gasteiger partial charge < -0.3 is 15.5 Å². The first kappa shape index (κ1) is 20.6. The van der Waals surface area contributed by atoms with Crippen molar-refractivity contribution in [2.75, 3.05) is 16.8 Å². The molecule has 0 aromatic heterocycles. The summed E-state index contributed by atoms with van der Waals surface area (Å²) < 4.78 is 0. The number of para-hydroxylation sites is 2. The van der Waals surface area contributed by atoms with E-state index < -0.39 is 6.04 Å². The predicted octanol–water partition coefficient (Wildman–Crippen LogP) is 4.19. The smallest absolute Gasteiger partial charge is 0.253 e. The molecule has 0 bridgehead atoms. The molecule has 0 spiro atoms. The highest BCUT2D eigenvalue weighted by Crippen LogP contribution is 2.30. The molecule has 1 unspecified atom stereocenters. The van der Waals surface area contributed by atoms with E-state index in [0.29, 0.717) is 22.0 Å². The predicted molar refractivity (Wildman–Crippen MR) is 120 cm³/mol. The average Bonchev–Trinajstić information content (AvgIpc) is 2.78. The first-order valence-electron chi connectivity index (χ1n) is 9.82. The fourth-order valence-electron chi connectivity index (χ4n) is 3.56. The van der Waals surface area contributed by atoms with Gasteiger partial charge in [0.25, 0.3) is 5.91 Å². The molecule has 7 heteroatoms. The second-order valence-electron chi connectivity index (χ2n) is 7.17. The van der Waals surface area contributed by atoms with Gasteiger partial charge in [-0.05, 0) is 29.8 Å². The number of rotatable bonds is 5. The van der Waals surface area contributed by atoms with Crippen LogP contribution in [0.2, 0.25) is 5.02 Å². The van der Waals surface area contributed by atoms with Crippen LogP contribution in [0.5, 0.6) is 0 Å². The summed E-state index contributed by atoms with van der Waals surface area (Å²) in [6, 6.07) is 22.6. The van der Waals surface area contributed by atoms with Gasteiger partial charge in [-0.3, -0.25) is 14.4 Å². The van der Waals surface area contributed by atoms with Crippen LogP contribution in [-0.2, 0) is 9.59 Å². The van der Waals surface area contributed by atoms with Gasteiger partial charge in [0.05, 0.1) is 34.4 Å². The quantitative estimate of drug-likeness (QED) is 0.633. The summed E-state index contributed by atoms with van der Waals surface area (Å²) in [7, 11) is 0. The van der Waals surface area contributed by atoms with E-state index in [4.69, 9.17) is 11.6 Å². The van der Waals surface area contributed by atoms with Crippen molar-refractivity contribution in [2.45, 2.75) is 12.5 Å². The molecule has 3 aromatic carbocycles. The van der Waals surface area contributed by atoms with Crippen molar-refractivity contribution in [1.29, 1.82) is 0 Å². The fourth-order valence-corrected chi connectivity index (χ4v) is 3.78. The Morgan fingerprint density at radius 1 is 0.968 bits per heavy atom. The zero-order valence-corrected chi connectivity index (χ0v) is 17.3. The topological polar surface area (TPSA) is 78.5 Å². The molecule has 1 aliphatic heterocycles. The van der Waals surface area contributed by atoms with Gasteiger partial charge in [0.1, 0.15) is 6.54 Å². The van der Waals surface area contributed by atoms with Gasteiger partial charge in [0, 0.05) is 0 Å². The van der Waals surface area contributed by atoms with E-state index in [0.717, 1.165) is 5.56 Å². The number of hydrogen-bond acceptors (Lipinski definition) is 3. The van der Waals surface area contributed by atoms with Crippen molar-refractivity contribution in [3.05, 3.63) is 95.0 Å². The Morgan fingerprint density at radius 2 is 1.65 bits per heavy atom.